The molecule has 0 radical (unpaired) electrons. The molecule has 176 valence electrons. The molecule has 0 saturated carbocycles. The summed E-state index contributed by atoms with van der Waals surface area (Å²) < 4.78 is 16.6. The number of carbonyl (C=O) groups is 1. The molecule has 0 aliphatic carbocycles. The molecule has 3 aromatic carbocycles. The molecule has 0 atom stereocenters. The van der Waals surface area contributed by atoms with E-state index in [-0.39, 0.29) is 11.7 Å². The van der Waals surface area contributed by atoms with Gasteiger partial charge in [-0.3, -0.25) is 14.1 Å². The highest BCUT2D eigenvalue weighted by Crippen LogP contribution is 2.35. The fourth-order valence-corrected chi connectivity index (χ4v) is 5.99. The van der Waals surface area contributed by atoms with Crippen molar-refractivity contribution in [2.75, 3.05) is 26.2 Å². The Labute approximate surface area is 211 Å². The number of amides is 1. The lowest BCUT2D eigenvalue weighted by Gasteiger charge is -2.34. The molecule has 1 amide bonds. The third-order valence-electron chi connectivity index (χ3n) is 6.48. The van der Waals surface area contributed by atoms with Crippen LogP contribution in [0, 0.1) is 5.82 Å². The number of hydrogen-bond acceptors (Lipinski definition) is 4. The Morgan fingerprint density at radius 3 is 2.46 bits per heavy atom. The summed E-state index contributed by atoms with van der Waals surface area (Å²) in [6.45, 7) is 3.47. The number of halogens is 2. The highest BCUT2D eigenvalue weighted by molar-refractivity contribution is 7.23. The molecule has 5 aromatic rings. The smallest absolute Gasteiger partial charge is 0.253 e. The van der Waals surface area contributed by atoms with Crippen molar-refractivity contribution < 1.29 is 9.18 Å². The SMILES string of the molecule is O=C(c1ccc(F)cc1)N1CCN(Cc2c(-c3ccccc3)nc3sc4cc(Cl)ccc4n23)CC1. The van der Waals surface area contributed by atoms with Crippen molar-refractivity contribution in [3.8, 4) is 11.3 Å². The standard InChI is InChI=1S/C27H22ClFN4OS/c28-20-8-11-22-24(16-20)35-27-30-25(18-4-2-1-3-5-18)23(33(22)27)17-31-12-14-32(15-13-31)26(34)19-6-9-21(29)10-7-19/h1-11,16H,12-15,17H2. The van der Waals surface area contributed by atoms with Gasteiger partial charge in [0.25, 0.3) is 5.91 Å². The van der Waals surface area contributed by atoms with Crippen LogP contribution in [0.25, 0.3) is 26.4 Å². The van der Waals surface area contributed by atoms with Gasteiger partial charge in [-0.25, -0.2) is 9.37 Å². The number of hydrogen-bond donors (Lipinski definition) is 0. The highest BCUT2D eigenvalue weighted by Gasteiger charge is 2.25. The first kappa shape index (κ1) is 22.2. The number of aromatic nitrogens is 2. The number of carbonyl (C=O) groups excluding carboxylic acids is 1. The van der Waals surface area contributed by atoms with Crippen LogP contribution in [-0.4, -0.2) is 51.3 Å². The molecule has 35 heavy (non-hydrogen) atoms. The van der Waals surface area contributed by atoms with Crippen LogP contribution in [0.4, 0.5) is 4.39 Å². The predicted molar refractivity (Wildman–Crippen MR) is 139 cm³/mol. The molecular formula is C27H22ClFN4OS. The Hall–Kier alpha value is -3.26. The molecule has 0 spiro atoms. The van der Waals surface area contributed by atoms with Crippen molar-refractivity contribution in [1.82, 2.24) is 19.2 Å². The summed E-state index contributed by atoms with van der Waals surface area (Å²) in [5, 5.41) is 0.716. The molecule has 5 nitrogen and oxygen atoms in total. The van der Waals surface area contributed by atoms with E-state index >= 15 is 0 Å². The van der Waals surface area contributed by atoms with E-state index in [9.17, 15) is 9.18 Å². The first-order chi connectivity index (χ1) is 17.1. The number of thiazole rings is 1. The van der Waals surface area contributed by atoms with Gasteiger partial charge in [0.15, 0.2) is 4.96 Å². The normalized spacial score (nSPS) is 14.7. The van der Waals surface area contributed by atoms with Crippen LogP contribution in [0.5, 0.6) is 0 Å². The maximum absolute atomic E-state index is 13.2. The molecule has 2 aromatic heterocycles. The number of piperazine rings is 1. The van der Waals surface area contributed by atoms with Gasteiger partial charge in [0.1, 0.15) is 5.82 Å². The molecule has 6 rings (SSSR count). The molecule has 8 heteroatoms. The molecule has 1 saturated heterocycles. The Bertz CT molecular complexity index is 1520. The number of nitrogens with zero attached hydrogens (tertiary/aromatic N) is 4. The molecule has 0 bridgehead atoms. The molecule has 1 aliphatic heterocycles. The first-order valence-electron chi connectivity index (χ1n) is 11.5. The highest BCUT2D eigenvalue weighted by atomic mass is 35.5. The van der Waals surface area contributed by atoms with E-state index in [1.165, 1.54) is 12.1 Å². The van der Waals surface area contributed by atoms with Gasteiger partial charge in [0.2, 0.25) is 0 Å². The average Bonchev–Trinajstić information content (AvgIpc) is 3.41. The summed E-state index contributed by atoms with van der Waals surface area (Å²) in [7, 11) is 0. The summed E-state index contributed by atoms with van der Waals surface area (Å²) in [5.41, 5.74) is 4.83. The summed E-state index contributed by atoms with van der Waals surface area (Å²) >= 11 is 7.88. The van der Waals surface area contributed by atoms with E-state index in [2.05, 4.69) is 27.5 Å². The van der Waals surface area contributed by atoms with Gasteiger partial charge >= 0.3 is 0 Å². The summed E-state index contributed by atoms with van der Waals surface area (Å²) in [6.07, 6.45) is 0. The quantitative estimate of drug-likeness (QED) is 0.303. The largest absolute Gasteiger partial charge is 0.336 e. The maximum atomic E-state index is 13.2. The molecular weight excluding hydrogens is 483 g/mol. The third-order valence-corrected chi connectivity index (χ3v) is 7.72. The second kappa shape index (κ2) is 9.07. The lowest BCUT2D eigenvalue weighted by Crippen LogP contribution is -2.48. The van der Waals surface area contributed by atoms with Crippen LogP contribution in [0.15, 0.2) is 72.8 Å². The van der Waals surface area contributed by atoms with Gasteiger partial charge < -0.3 is 4.90 Å². The minimum Gasteiger partial charge on any atom is -0.336 e. The minimum absolute atomic E-state index is 0.0536. The molecule has 3 heterocycles. The summed E-state index contributed by atoms with van der Waals surface area (Å²) in [4.78, 5) is 23.0. The Morgan fingerprint density at radius 1 is 0.971 bits per heavy atom. The van der Waals surface area contributed by atoms with Crippen LogP contribution in [0.3, 0.4) is 0 Å². The summed E-state index contributed by atoms with van der Waals surface area (Å²) in [5.74, 6) is -0.391. The van der Waals surface area contributed by atoms with E-state index in [4.69, 9.17) is 16.6 Å². The van der Waals surface area contributed by atoms with Crippen LogP contribution < -0.4 is 0 Å². The fraction of sp³-hybridized carbons (Fsp3) is 0.185. The number of imidazole rings is 1. The third kappa shape index (κ3) is 4.20. The van der Waals surface area contributed by atoms with Crippen molar-refractivity contribution in [1.29, 1.82) is 0 Å². The lowest BCUT2D eigenvalue weighted by atomic mass is 10.1. The van der Waals surface area contributed by atoms with Gasteiger partial charge in [-0.15, -0.1) is 0 Å². The number of rotatable bonds is 4. The van der Waals surface area contributed by atoms with Gasteiger partial charge in [-0.05, 0) is 42.5 Å². The second-order valence-electron chi connectivity index (χ2n) is 8.68. The Kier molecular flexibility index (Phi) is 5.76. The van der Waals surface area contributed by atoms with Crippen molar-refractivity contribution in [2.24, 2.45) is 0 Å². The topological polar surface area (TPSA) is 40.9 Å². The predicted octanol–water partition coefficient (Wildman–Crippen LogP) is 5.97. The van der Waals surface area contributed by atoms with Crippen LogP contribution in [0.2, 0.25) is 5.02 Å². The van der Waals surface area contributed by atoms with Gasteiger partial charge in [-0.2, -0.15) is 0 Å². The Morgan fingerprint density at radius 2 is 1.71 bits per heavy atom. The minimum atomic E-state index is -0.337. The van der Waals surface area contributed by atoms with Crippen LogP contribution >= 0.6 is 22.9 Å². The fourth-order valence-electron chi connectivity index (χ4n) is 4.67. The first-order valence-corrected chi connectivity index (χ1v) is 12.7. The lowest BCUT2D eigenvalue weighted by molar-refractivity contribution is 0.0627. The maximum Gasteiger partial charge on any atom is 0.253 e. The van der Waals surface area contributed by atoms with Gasteiger partial charge in [0.05, 0.1) is 21.6 Å². The van der Waals surface area contributed by atoms with Crippen molar-refractivity contribution >= 4 is 44.0 Å². The van der Waals surface area contributed by atoms with E-state index in [1.54, 1.807) is 23.5 Å². The van der Waals surface area contributed by atoms with E-state index in [0.717, 1.165) is 51.8 Å². The van der Waals surface area contributed by atoms with Crippen LogP contribution in [-0.2, 0) is 6.54 Å². The molecule has 1 aliphatic rings. The summed E-state index contributed by atoms with van der Waals surface area (Å²) in [6, 6.07) is 22.0. The molecule has 1 fully saturated rings. The molecule has 0 unspecified atom stereocenters. The number of benzene rings is 3. The number of fused-ring (bicyclic) bond motifs is 3. The second-order valence-corrected chi connectivity index (χ2v) is 10.1. The zero-order chi connectivity index (χ0) is 23.9. The van der Waals surface area contributed by atoms with Crippen molar-refractivity contribution in [2.45, 2.75) is 6.54 Å². The average molecular weight is 505 g/mol. The zero-order valence-corrected chi connectivity index (χ0v) is 20.4. The van der Waals surface area contributed by atoms with E-state index in [1.807, 2.05) is 35.2 Å². The molecule has 0 N–H and O–H groups in total. The van der Waals surface area contributed by atoms with Gasteiger partial charge in [-0.1, -0.05) is 53.3 Å². The zero-order valence-electron chi connectivity index (χ0n) is 18.8. The van der Waals surface area contributed by atoms with E-state index < -0.39 is 0 Å². The van der Waals surface area contributed by atoms with Gasteiger partial charge in [0, 0.05) is 48.9 Å². The van der Waals surface area contributed by atoms with Crippen molar-refractivity contribution in [3.05, 3.63) is 94.9 Å². The monoisotopic (exact) mass is 504 g/mol. The van der Waals surface area contributed by atoms with E-state index in [0.29, 0.717) is 23.7 Å². The van der Waals surface area contributed by atoms with Crippen LogP contribution in [0.1, 0.15) is 16.1 Å². The Balaban J connectivity index is 1.29. The van der Waals surface area contributed by atoms with Crippen molar-refractivity contribution in [3.63, 3.8) is 0 Å².